The van der Waals surface area contributed by atoms with Crippen molar-refractivity contribution in [1.29, 1.82) is 0 Å². The summed E-state index contributed by atoms with van der Waals surface area (Å²) in [6.45, 7) is 1.63. The number of carbonyl (C=O) groups excluding carboxylic acids is 2. The Hall–Kier alpha value is -2.29. The Morgan fingerprint density at radius 3 is 2.37 bits per heavy atom. The van der Waals surface area contributed by atoms with Crippen LogP contribution in [0.2, 0.25) is 10.0 Å². The minimum Gasteiger partial charge on any atom is -0.337 e. The summed E-state index contributed by atoms with van der Waals surface area (Å²) in [6, 6.07) is 10.8. The molecule has 0 atom stereocenters. The number of urea groups is 1. The number of rotatable bonds is 3. The van der Waals surface area contributed by atoms with Gasteiger partial charge in [-0.1, -0.05) is 29.3 Å². The molecule has 0 saturated carbocycles. The molecule has 1 saturated heterocycles. The van der Waals surface area contributed by atoms with Crippen molar-refractivity contribution in [2.24, 2.45) is 0 Å². The lowest BCUT2D eigenvalue weighted by Gasteiger charge is -2.23. The van der Waals surface area contributed by atoms with E-state index in [1.54, 1.807) is 34.1 Å². The van der Waals surface area contributed by atoms with Crippen LogP contribution in [0.4, 0.5) is 10.5 Å². The van der Waals surface area contributed by atoms with Crippen LogP contribution in [0.25, 0.3) is 0 Å². The zero-order valence-corrected chi connectivity index (χ0v) is 18.6. The Labute approximate surface area is 185 Å². The van der Waals surface area contributed by atoms with Crippen molar-refractivity contribution in [1.82, 2.24) is 9.80 Å². The molecule has 0 spiro atoms. The van der Waals surface area contributed by atoms with E-state index in [4.69, 9.17) is 23.2 Å². The molecule has 2 aromatic carbocycles. The number of sulfone groups is 1. The van der Waals surface area contributed by atoms with Gasteiger partial charge < -0.3 is 15.1 Å². The standard InChI is InChI=1S/C20H21Cl2N3O4S/c1-30(28,29)18-12-14(6-7-17(18)22)19(26)24-8-3-9-25(11-10-24)20(27)23-16-5-2-4-15(21)13-16/h2,4-7,12-13H,3,8-11H2,1H3,(H,23,27). The third kappa shape index (κ3) is 5.44. The normalized spacial score (nSPS) is 14.9. The second-order valence-corrected chi connectivity index (χ2v) is 9.82. The number of halogens is 2. The number of anilines is 1. The Kier molecular flexibility index (Phi) is 6.90. The van der Waals surface area contributed by atoms with E-state index in [1.807, 2.05) is 0 Å². The minimum absolute atomic E-state index is 0.0765. The predicted octanol–water partition coefficient (Wildman–Crippen LogP) is 3.78. The van der Waals surface area contributed by atoms with Crippen molar-refractivity contribution in [3.05, 3.63) is 58.1 Å². The lowest BCUT2D eigenvalue weighted by Crippen LogP contribution is -2.39. The molecule has 0 aliphatic carbocycles. The first-order valence-electron chi connectivity index (χ1n) is 9.25. The van der Waals surface area contributed by atoms with Crippen molar-refractivity contribution < 1.29 is 18.0 Å². The van der Waals surface area contributed by atoms with Crippen LogP contribution < -0.4 is 5.32 Å². The largest absolute Gasteiger partial charge is 0.337 e. The molecule has 3 rings (SSSR count). The van der Waals surface area contributed by atoms with Gasteiger partial charge >= 0.3 is 6.03 Å². The Morgan fingerprint density at radius 1 is 0.967 bits per heavy atom. The van der Waals surface area contributed by atoms with Crippen LogP contribution in [-0.4, -0.2) is 62.6 Å². The van der Waals surface area contributed by atoms with Crippen molar-refractivity contribution in [3.8, 4) is 0 Å². The molecule has 7 nitrogen and oxygen atoms in total. The highest BCUT2D eigenvalue weighted by Gasteiger charge is 2.24. The fraction of sp³-hybridized carbons (Fsp3) is 0.300. The van der Waals surface area contributed by atoms with Crippen LogP contribution >= 0.6 is 23.2 Å². The summed E-state index contributed by atoms with van der Waals surface area (Å²) in [5, 5.41) is 3.41. The van der Waals surface area contributed by atoms with Crippen LogP contribution in [0.3, 0.4) is 0 Å². The van der Waals surface area contributed by atoms with Gasteiger partial charge in [0.05, 0.1) is 9.92 Å². The summed E-state index contributed by atoms with van der Waals surface area (Å²) in [5.41, 5.74) is 0.843. The maximum atomic E-state index is 12.9. The molecule has 1 fully saturated rings. The van der Waals surface area contributed by atoms with E-state index >= 15 is 0 Å². The number of amides is 3. The van der Waals surface area contributed by atoms with Gasteiger partial charge in [-0.3, -0.25) is 4.79 Å². The highest BCUT2D eigenvalue weighted by Crippen LogP contribution is 2.24. The summed E-state index contributed by atoms with van der Waals surface area (Å²) in [4.78, 5) is 28.6. The van der Waals surface area contributed by atoms with Gasteiger partial charge in [0, 0.05) is 48.7 Å². The Balaban J connectivity index is 1.67. The van der Waals surface area contributed by atoms with E-state index in [2.05, 4.69) is 5.32 Å². The smallest absolute Gasteiger partial charge is 0.321 e. The number of hydrogen-bond acceptors (Lipinski definition) is 4. The number of benzene rings is 2. The van der Waals surface area contributed by atoms with Crippen LogP contribution in [-0.2, 0) is 9.84 Å². The van der Waals surface area contributed by atoms with Gasteiger partial charge in [0.1, 0.15) is 0 Å². The molecular weight excluding hydrogens is 449 g/mol. The first kappa shape index (κ1) is 22.4. The molecule has 0 bridgehead atoms. The van der Waals surface area contributed by atoms with Gasteiger partial charge in [-0.25, -0.2) is 13.2 Å². The maximum Gasteiger partial charge on any atom is 0.321 e. The first-order valence-corrected chi connectivity index (χ1v) is 11.9. The zero-order valence-electron chi connectivity index (χ0n) is 16.3. The summed E-state index contributed by atoms with van der Waals surface area (Å²) >= 11 is 11.9. The van der Waals surface area contributed by atoms with Crippen LogP contribution in [0.15, 0.2) is 47.4 Å². The molecule has 1 aliphatic rings. The molecule has 3 amide bonds. The van der Waals surface area contributed by atoms with E-state index in [9.17, 15) is 18.0 Å². The molecule has 1 N–H and O–H groups in total. The zero-order chi connectivity index (χ0) is 21.9. The van der Waals surface area contributed by atoms with Crippen molar-refractivity contribution >= 4 is 50.7 Å². The van der Waals surface area contributed by atoms with Crippen molar-refractivity contribution in [2.75, 3.05) is 37.8 Å². The minimum atomic E-state index is -3.55. The summed E-state index contributed by atoms with van der Waals surface area (Å²) in [6.07, 6.45) is 1.64. The predicted molar refractivity (Wildman–Crippen MR) is 117 cm³/mol. The van der Waals surface area contributed by atoms with Gasteiger partial charge in [0.25, 0.3) is 5.91 Å². The van der Waals surface area contributed by atoms with Crippen LogP contribution in [0.1, 0.15) is 16.8 Å². The Bertz CT molecular complexity index is 1080. The second-order valence-electron chi connectivity index (χ2n) is 6.99. The maximum absolute atomic E-state index is 12.9. The van der Waals surface area contributed by atoms with Gasteiger partial charge in [-0.05, 0) is 42.8 Å². The first-order chi connectivity index (χ1) is 14.1. The molecule has 30 heavy (non-hydrogen) atoms. The quantitative estimate of drug-likeness (QED) is 0.740. The molecular formula is C20H21Cl2N3O4S. The summed E-state index contributed by atoms with van der Waals surface area (Å²) in [5.74, 6) is -0.298. The highest BCUT2D eigenvalue weighted by atomic mass is 35.5. The topological polar surface area (TPSA) is 86.8 Å². The van der Waals surface area contributed by atoms with E-state index in [0.29, 0.717) is 43.3 Å². The van der Waals surface area contributed by atoms with E-state index in [0.717, 1.165) is 6.26 Å². The highest BCUT2D eigenvalue weighted by molar-refractivity contribution is 7.90. The average molecular weight is 470 g/mol. The van der Waals surface area contributed by atoms with E-state index in [1.165, 1.54) is 18.2 Å². The lowest BCUT2D eigenvalue weighted by atomic mass is 10.2. The fourth-order valence-electron chi connectivity index (χ4n) is 3.20. The summed E-state index contributed by atoms with van der Waals surface area (Å²) < 4.78 is 23.8. The molecule has 1 heterocycles. The van der Waals surface area contributed by atoms with Gasteiger partial charge in [0.15, 0.2) is 9.84 Å². The SMILES string of the molecule is CS(=O)(=O)c1cc(C(=O)N2CCCN(C(=O)Nc3cccc(Cl)c3)CC2)ccc1Cl. The molecule has 1 aliphatic heterocycles. The molecule has 2 aromatic rings. The Morgan fingerprint density at radius 2 is 1.67 bits per heavy atom. The number of nitrogens with one attached hydrogen (secondary N) is 1. The van der Waals surface area contributed by atoms with Crippen molar-refractivity contribution in [2.45, 2.75) is 11.3 Å². The lowest BCUT2D eigenvalue weighted by molar-refractivity contribution is 0.0762. The third-order valence-corrected chi connectivity index (χ3v) is 6.54. The monoisotopic (exact) mass is 469 g/mol. The molecule has 10 heteroatoms. The fourth-order valence-corrected chi connectivity index (χ4v) is 4.69. The number of hydrogen-bond donors (Lipinski definition) is 1. The van der Waals surface area contributed by atoms with E-state index in [-0.39, 0.29) is 27.4 Å². The number of nitrogens with zero attached hydrogens (tertiary/aromatic N) is 2. The third-order valence-electron chi connectivity index (χ3n) is 4.72. The van der Waals surface area contributed by atoms with Gasteiger partial charge in [0.2, 0.25) is 0 Å². The van der Waals surface area contributed by atoms with Gasteiger partial charge in [-0.15, -0.1) is 0 Å². The van der Waals surface area contributed by atoms with Crippen molar-refractivity contribution in [3.63, 3.8) is 0 Å². The van der Waals surface area contributed by atoms with Crippen LogP contribution in [0.5, 0.6) is 0 Å². The average Bonchev–Trinajstić information content (AvgIpc) is 2.93. The van der Waals surface area contributed by atoms with Crippen LogP contribution in [0, 0.1) is 0 Å². The second kappa shape index (κ2) is 9.24. The molecule has 0 aromatic heterocycles. The molecule has 0 radical (unpaired) electrons. The molecule has 0 unspecified atom stereocenters. The van der Waals surface area contributed by atoms with E-state index < -0.39 is 9.84 Å². The summed E-state index contributed by atoms with van der Waals surface area (Å²) in [7, 11) is -3.55. The number of carbonyl (C=O) groups is 2. The van der Waals surface area contributed by atoms with Gasteiger partial charge in [-0.2, -0.15) is 0 Å². The molecule has 160 valence electrons.